The third-order valence-corrected chi connectivity index (χ3v) is 5.76. The van der Waals surface area contributed by atoms with Crippen LogP contribution in [0.3, 0.4) is 0 Å². The number of carbonyl (C=O) groups is 1. The highest BCUT2D eigenvalue weighted by Gasteiger charge is 2.42. The number of aryl methyl sites for hydroxylation is 1. The normalized spacial score (nSPS) is 20.0. The average molecular weight is 405 g/mol. The summed E-state index contributed by atoms with van der Waals surface area (Å²) in [5.74, 6) is 2.07. The predicted molar refractivity (Wildman–Crippen MR) is 117 cm³/mol. The fourth-order valence-corrected chi connectivity index (χ4v) is 4.33. The molecule has 2 aromatic heterocycles. The third-order valence-electron chi connectivity index (χ3n) is 5.76. The maximum atomic E-state index is 13.2. The van der Waals surface area contributed by atoms with Gasteiger partial charge in [-0.1, -0.05) is 32.0 Å². The molecule has 0 saturated carbocycles. The standard InChI is InChI=1S/C21H22N6O.C2H6/c1-15-6-7-20(22-10-15)25-11-16-13-26(14-17(16)12-25)21(28)18-4-2-3-5-19(18)27-23-8-9-24-27;1-2/h2-10,16-17H,11-14H2,1H3;1-2H3. The second-order valence-corrected chi connectivity index (χ2v) is 7.66. The van der Waals surface area contributed by atoms with E-state index in [2.05, 4.69) is 39.1 Å². The third kappa shape index (κ3) is 3.79. The zero-order valence-corrected chi connectivity index (χ0v) is 17.8. The van der Waals surface area contributed by atoms with Crippen LogP contribution in [0.25, 0.3) is 5.69 Å². The number of hydrogen-bond donors (Lipinski definition) is 0. The Hall–Kier alpha value is -3.22. The fraction of sp³-hybridized carbons (Fsp3) is 0.391. The molecule has 0 bridgehead atoms. The number of para-hydroxylation sites is 1. The number of fused-ring (bicyclic) bond motifs is 1. The molecule has 1 aromatic carbocycles. The highest BCUT2D eigenvalue weighted by atomic mass is 16.2. The van der Waals surface area contributed by atoms with Crippen molar-refractivity contribution in [1.29, 1.82) is 0 Å². The first kappa shape index (κ1) is 20.1. The summed E-state index contributed by atoms with van der Waals surface area (Å²) in [5, 5.41) is 8.37. The van der Waals surface area contributed by atoms with Crippen LogP contribution in [0.5, 0.6) is 0 Å². The van der Waals surface area contributed by atoms with E-state index >= 15 is 0 Å². The Bertz CT molecular complexity index is 971. The number of aromatic nitrogens is 4. The zero-order valence-electron chi connectivity index (χ0n) is 17.8. The number of hydrogen-bond acceptors (Lipinski definition) is 5. The van der Waals surface area contributed by atoms with Crippen molar-refractivity contribution in [3.63, 3.8) is 0 Å². The van der Waals surface area contributed by atoms with Crippen LogP contribution >= 0.6 is 0 Å². The fourth-order valence-electron chi connectivity index (χ4n) is 4.33. The Morgan fingerprint density at radius 1 is 0.933 bits per heavy atom. The number of nitrogens with zero attached hydrogens (tertiary/aromatic N) is 6. The van der Waals surface area contributed by atoms with Crippen molar-refractivity contribution < 1.29 is 4.79 Å². The summed E-state index contributed by atoms with van der Waals surface area (Å²) in [6, 6.07) is 11.7. The highest BCUT2D eigenvalue weighted by Crippen LogP contribution is 2.34. The van der Waals surface area contributed by atoms with Crippen molar-refractivity contribution in [2.24, 2.45) is 11.8 Å². The molecule has 7 heteroatoms. The lowest BCUT2D eigenvalue weighted by molar-refractivity contribution is 0.0782. The summed E-state index contributed by atoms with van der Waals surface area (Å²) in [6.45, 7) is 9.52. The molecule has 3 aromatic rings. The number of pyridine rings is 1. The number of amides is 1. The average Bonchev–Trinajstić information content (AvgIpc) is 3.52. The van der Waals surface area contributed by atoms with Crippen LogP contribution in [0.1, 0.15) is 29.8 Å². The molecule has 2 fully saturated rings. The molecule has 2 aliphatic rings. The summed E-state index contributed by atoms with van der Waals surface area (Å²) in [5.41, 5.74) is 2.54. The molecule has 0 spiro atoms. The molecular weight excluding hydrogens is 376 g/mol. The van der Waals surface area contributed by atoms with Crippen LogP contribution in [0.2, 0.25) is 0 Å². The highest BCUT2D eigenvalue weighted by molar-refractivity contribution is 5.97. The van der Waals surface area contributed by atoms with Gasteiger partial charge in [0.05, 0.1) is 23.6 Å². The molecular formula is C23H28N6O. The number of benzene rings is 1. The van der Waals surface area contributed by atoms with Crippen LogP contribution < -0.4 is 4.90 Å². The van der Waals surface area contributed by atoms with Crippen molar-refractivity contribution in [1.82, 2.24) is 24.9 Å². The minimum absolute atomic E-state index is 0.0577. The first-order valence-corrected chi connectivity index (χ1v) is 10.6. The smallest absolute Gasteiger partial charge is 0.256 e. The van der Waals surface area contributed by atoms with Crippen molar-refractivity contribution in [2.45, 2.75) is 20.8 Å². The van der Waals surface area contributed by atoms with Gasteiger partial charge in [-0.25, -0.2) is 4.98 Å². The van der Waals surface area contributed by atoms with Gasteiger partial charge in [-0.15, -0.1) is 0 Å². The van der Waals surface area contributed by atoms with Gasteiger partial charge in [0, 0.05) is 44.2 Å². The van der Waals surface area contributed by atoms with E-state index in [1.165, 1.54) is 10.4 Å². The molecule has 2 aliphatic heterocycles. The van der Waals surface area contributed by atoms with E-state index in [4.69, 9.17) is 0 Å². The molecule has 4 heterocycles. The van der Waals surface area contributed by atoms with Crippen molar-refractivity contribution in [3.8, 4) is 5.69 Å². The molecule has 2 atom stereocenters. The number of rotatable bonds is 3. The molecule has 1 amide bonds. The summed E-state index contributed by atoms with van der Waals surface area (Å²) < 4.78 is 0. The maximum absolute atomic E-state index is 13.2. The molecule has 0 N–H and O–H groups in total. The molecule has 5 rings (SSSR count). The number of likely N-dealkylation sites (tertiary alicyclic amines) is 1. The Balaban J connectivity index is 0.00000106. The van der Waals surface area contributed by atoms with Gasteiger partial charge in [0.1, 0.15) is 5.82 Å². The van der Waals surface area contributed by atoms with Crippen molar-refractivity contribution in [2.75, 3.05) is 31.1 Å². The summed E-state index contributed by atoms with van der Waals surface area (Å²) in [7, 11) is 0. The Kier molecular flexibility index (Phi) is 5.79. The lowest BCUT2D eigenvalue weighted by Gasteiger charge is -2.23. The quantitative estimate of drug-likeness (QED) is 0.671. The van der Waals surface area contributed by atoms with Gasteiger partial charge in [0.15, 0.2) is 0 Å². The van der Waals surface area contributed by atoms with Crippen LogP contribution in [-0.4, -0.2) is 57.0 Å². The molecule has 2 saturated heterocycles. The Morgan fingerprint density at radius 3 is 2.23 bits per heavy atom. The monoisotopic (exact) mass is 404 g/mol. The maximum Gasteiger partial charge on any atom is 0.256 e. The van der Waals surface area contributed by atoms with Gasteiger partial charge in [-0.2, -0.15) is 15.0 Å². The van der Waals surface area contributed by atoms with Gasteiger partial charge >= 0.3 is 0 Å². The number of carbonyl (C=O) groups excluding carboxylic acids is 1. The lowest BCUT2D eigenvalue weighted by atomic mass is 10.0. The van der Waals surface area contributed by atoms with Crippen LogP contribution in [0.15, 0.2) is 55.0 Å². The van der Waals surface area contributed by atoms with E-state index in [1.54, 1.807) is 12.4 Å². The van der Waals surface area contributed by atoms with Crippen LogP contribution in [0.4, 0.5) is 5.82 Å². The first-order valence-electron chi connectivity index (χ1n) is 10.6. The molecule has 156 valence electrons. The van der Waals surface area contributed by atoms with E-state index in [0.29, 0.717) is 17.4 Å². The topological polar surface area (TPSA) is 67.2 Å². The van der Waals surface area contributed by atoms with E-state index in [-0.39, 0.29) is 5.91 Å². The van der Waals surface area contributed by atoms with Gasteiger partial charge in [-0.05, 0) is 30.7 Å². The first-order chi connectivity index (χ1) is 14.7. The van der Waals surface area contributed by atoms with E-state index in [0.717, 1.165) is 37.7 Å². The molecule has 7 nitrogen and oxygen atoms in total. The van der Waals surface area contributed by atoms with Crippen molar-refractivity contribution in [3.05, 3.63) is 66.1 Å². The van der Waals surface area contributed by atoms with Gasteiger partial charge in [0.25, 0.3) is 5.91 Å². The summed E-state index contributed by atoms with van der Waals surface area (Å²) in [6.07, 6.45) is 5.16. The molecule has 2 unspecified atom stereocenters. The van der Waals surface area contributed by atoms with E-state index in [9.17, 15) is 4.79 Å². The minimum Gasteiger partial charge on any atom is -0.356 e. The van der Waals surface area contributed by atoms with E-state index < -0.39 is 0 Å². The molecule has 30 heavy (non-hydrogen) atoms. The minimum atomic E-state index is 0.0577. The SMILES string of the molecule is CC.Cc1ccc(N2CC3CN(C(=O)c4ccccc4-n4nccn4)CC3C2)nc1. The number of anilines is 1. The van der Waals surface area contributed by atoms with Gasteiger partial charge < -0.3 is 9.80 Å². The molecule has 0 radical (unpaired) electrons. The van der Waals surface area contributed by atoms with Gasteiger partial charge in [0.2, 0.25) is 0 Å². The lowest BCUT2D eigenvalue weighted by Crippen LogP contribution is -2.34. The zero-order chi connectivity index (χ0) is 21.1. The molecule has 0 aliphatic carbocycles. The Morgan fingerprint density at radius 2 is 1.60 bits per heavy atom. The Labute approximate surface area is 177 Å². The van der Waals surface area contributed by atoms with Crippen molar-refractivity contribution >= 4 is 11.7 Å². The predicted octanol–water partition coefficient (Wildman–Crippen LogP) is 3.21. The van der Waals surface area contributed by atoms with Gasteiger partial charge in [-0.3, -0.25) is 4.79 Å². The summed E-state index contributed by atoms with van der Waals surface area (Å²) in [4.78, 5) is 23.6. The van der Waals surface area contributed by atoms with Crippen LogP contribution in [-0.2, 0) is 0 Å². The largest absolute Gasteiger partial charge is 0.356 e. The van der Waals surface area contributed by atoms with Crippen LogP contribution in [0, 0.1) is 18.8 Å². The van der Waals surface area contributed by atoms with E-state index in [1.807, 2.05) is 49.2 Å². The second-order valence-electron chi connectivity index (χ2n) is 7.66. The second kappa shape index (κ2) is 8.65. The summed E-state index contributed by atoms with van der Waals surface area (Å²) >= 11 is 0.